The van der Waals surface area contributed by atoms with Gasteiger partial charge in [0.15, 0.2) is 5.22 Å². The van der Waals surface area contributed by atoms with Gasteiger partial charge in [0.25, 0.3) is 0 Å². The van der Waals surface area contributed by atoms with Crippen LogP contribution in [-0.4, -0.2) is 5.11 Å². The molecule has 15 heavy (non-hydrogen) atoms. The van der Waals surface area contributed by atoms with E-state index < -0.39 is 6.10 Å². The molecule has 1 atom stereocenters. The van der Waals surface area contributed by atoms with Crippen molar-refractivity contribution in [2.45, 2.75) is 20.0 Å². The first-order valence-corrected chi connectivity index (χ1v) is 5.77. The fourth-order valence-electron chi connectivity index (χ4n) is 1.55. The summed E-state index contributed by atoms with van der Waals surface area (Å²) in [6.45, 7) is 4.00. The van der Waals surface area contributed by atoms with Crippen LogP contribution in [0.25, 0.3) is 0 Å². The second-order valence-corrected chi connectivity index (χ2v) is 5.25. The molecule has 0 aliphatic carbocycles. The van der Waals surface area contributed by atoms with E-state index in [9.17, 15) is 5.11 Å². The van der Waals surface area contributed by atoms with Crippen LogP contribution in [0.3, 0.4) is 0 Å². The summed E-state index contributed by atoms with van der Waals surface area (Å²) in [6, 6.07) is 5.30. The highest BCUT2D eigenvalue weighted by molar-refractivity contribution is 7.12. The largest absolute Gasteiger partial charge is 0.447 e. The quantitative estimate of drug-likeness (QED) is 0.871. The van der Waals surface area contributed by atoms with Crippen LogP contribution < -0.4 is 0 Å². The van der Waals surface area contributed by atoms with Crippen molar-refractivity contribution < 1.29 is 9.52 Å². The van der Waals surface area contributed by atoms with E-state index >= 15 is 0 Å². The van der Waals surface area contributed by atoms with E-state index in [1.54, 1.807) is 23.5 Å². The maximum absolute atomic E-state index is 10.1. The van der Waals surface area contributed by atoms with Gasteiger partial charge >= 0.3 is 0 Å². The van der Waals surface area contributed by atoms with E-state index in [0.717, 1.165) is 10.4 Å². The normalized spacial score (nSPS) is 13.1. The molecule has 0 fully saturated rings. The molecule has 0 amide bonds. The second-order valence-electron chi connectivity index (χ2n) is 3.41. The molecule has 1 N–H and O–H groups in total. The monoisotopic (exact) mass is 242 g/mol. The maximum atomic E-state index is 10.1. The minimum absolute atomic E-state index is 0.300. The SMILES string of the molecule is Cc1cc(C(O)c2ccc(Cl)o2)c(C)s1. The van der Waals surface area contributed by atoms with Gasteiger partial charge in [-0.3, -0.25) is 0 Å². The Morgan fingerprint density at radius 2 is 2.13 bits per heavy atom. The minimum Gasteiger partial charge on any atom is -0.447 e. The van der Waals surface area contributed by atoms with E-state index in [4.69, 9.17) is 16.0 Å². The third kappa shape index (κ3) is 2.09. The minimum atomic E-state index is -0.720. The molecule has 2 heterocycles. The lowest BCUT2D eigenvalue weighted by Crippen LogP contribution is -1.97. The van der Waals surface area contributed by atoms with Gasteiger partial charge in [0.05, 0.1) is 0 Å². The maximum Gasteiger partial charge on any atom is 0.193 e. The molecule has 80 valence electrons. The molecule has 1 unspecified atom stereocenters. The van der Waals surface area contributed by atoms with E-state index in [0.29, 0.717) is 11.0 Å². The lowest BCUT2D eigenvalue weighted by Gasteiger charge is -2.06. The molecule has 2 aromatic rings. The fraction of sp³-hybridized carbons (Fsp3) is 0.273. The first-order chi connectivity index (χ1) is 7.08. The number of rotatable bonds is 2. The Kier molecular flexibility index (Phi) is 2.87. The van der Waals surface area contributed by atoms with Crippen molar-refractivity contribution in [2.75, 3.05) is 0 Å². The highest BCUT2D eigenvalue weighted by atomic mass is 35.5. The Balaban J connectivity index is 2.35. The number of halogens is 1. The summed E-state index contributed by atoms with van der Waals surface area (Å²) in [7, 11) is 0. The third-order valence-electron chi connectivity index (χ3n) is 2.24. The summed E-state index contributed by atoms with van der Waals surface area (Å²) in [5, 5.41) is 10.4. The van der Waals surface area contributed by atoms with Gasteiger partial charge in [0.2, 0.25) is 0 Å². The molecule has 2 aromatic heterocycles. The van der Waals surface area contributed by atoms with Gasteiger partial charge in [-0.2, -0.15) is 0 Å². The molecule has 0 aliphatic heterocycles. The lowest BCUT2D eigenvalue weighted by atomic mass is 10.1. The van der Waals surface area contributed by atoms with Gasteiger partial charge in [0, 0.05) is 15.3 Å². The van der Waals surface area contributed by atoms with E-state index in [1.165, 1.54) is 4.88 Å². The van der Waals surface area contributed by atoms with Crippen LogP contribution >= 0.6 is 22.9 Å². The third-order valence-corrected chi connectivity index (χ3v) is 3.42. The molecule has 0 aliphatic rings. The topological polar surface area (TPSA) is 33.4 Å². The molecule has 4 heteroatoms. The molecule has 0 aromatic carbocycles. The molecule has 0 radical (unpaired) electrons. The molecule has 0 saturated carbocycles. The first-order valence-electron chi connectivity index (χ1n) is 4.58. The Morgan fingerprint density at radius 1 is 1.40 bits per heavy atom. The van der Waals surface area contributed by atoms with Crippen molar-refractivity contribution in [3.8, 4) is 0 Å². The fourth-order valence-corrected chi connectivity index (χ4v) is 2.66. The van der Waals surface area contributed by atoms with Gasteiger partial charge < -0.3 is 9.52 Å². The van der Waals surface area contributed by atoms with Crippen LogP contribution in [0.1, 0.15) is 27.2 Å². The average Bonchev–Trinajstić information content (AvgIpc) is 2.71. The van der Waals surface area contributed by atoms with Crippen LogP contribution in [0.4, 0.5) is 0 Å². The summed E-state index contributed by atoms with van der Waals surface area (Å²) in [4.78, 5) is 2.28. The Hall–Kier alpha value is -0.770. The Bertz CT molecular complexity index is 473. The number of aliphatic hydroxyl groups excluding tert-OH is 1. The van der Waals surface area contributed by atoms with Crippen LogP contribution in [0.15, 0.2) is 22.6 Å². The van der Waals surface area contributed by atoms with Crippen LogP contribution in [0.5, 0.6) is 0 Å². The number of furan rings is 1. The Morgan fingerprint density at radius 3 is 2.60 bits per heavy atom. The van der Waals surface area contributed by atoms with Gasteiger partial charge in [-0.1, -0.05) is 0 Å². The number of aryl methyl sites for hydroxylation is 2. The highest BCUT2D eigenvalue weighted by Gasteiger charge is 2.18. The molecule has 2 rings (SSSR count). The van der Waals surface area contributed by atoms with Crippen LogP contribution in [0, 0.1) is 13.8 Å². The molecule has 0 bridgehead atoms. The second kappa shape index (κ2) is 4.00. The van der Waals surface area contributed by atoms with Crippen LogP contribution in [0.2, 0.25) is 5.22 Å². The van der Waals surface area contributed by atoms with Crippen molar-refractivity contribution in [1.29, 1.82) is 0 Å². The molecule has 2 nitrogen and oxygen atoms in total. The first kappa shape index (κ1) is 10.7. The number of aliphatic hydroxyl groups is 1. The predicted octanol–water partition coefficient (Wildman–Crippen LogP) is 3.69. The summed E-state index contributed by atoms with van der Waals surface area (Å²) in [5.41, 5.74) is 0.892. The molecular weight excluding hydrogens is 232 g/mol. The average molecular weight is 243 g/mol. The molecule has 0 saturated heterocycles. The van der Waals surface area contributed by atoms with Gasteiger partial charge in [-0.25, -0.2) is 0 Å². The lowest BCUT2D eigenvalue weighted by molar-refractivity contribution is 0.189. The van der Waals surface area contributed by atoms with Crippen molar-refractivity contribution in [3.63, 3.8) is 0 Å². The zero-order valence-corrected chi connectivity index (χ0v) is 10.0. The van der Waals surface area contributed by atoms with E-state index in [2.05, 4.69) is 0 Å². The van der Waals surface area contributed by atoms with E-state index in [-0.39, 0.29) is 0 Å². The zero-order valence-electron chi connectivity index (χ0n) is 8.45. The standard InChI is InChI=1S/C11H11ClO2S/c1-6-5-8(7(2)15-6)11(13)9-3-4-10(12)14-9/h3-5,11,13H,1-2H3. The van der Waals surface area contributed by atoms with Gasteiger partial charge in [-0.15, -0.1) is 11.3 Å². The van der Waals surface area contributed by atoms with E-state index in [1.807, 2.05) is 19.9 Å². The highest BCUT2D eigenvalue weighted by Crippen LogP contribution is 2.31. The number of hydrogen-bond donors (Lipinski definition) is 1. The Labute approximate surface area is 97.1 Å². The predicted molar refractivity (Wildman–Crippen MR) is 61.6 cm³/mol. The van der Waals surface area contributed by atoms with Gasteiger partial charge in [0.1, 0.15) is 11.9 Å². The van der Waals surface area contributed by atoms with Crippen molar-refractivity contribution in [3.05, 3.63) is 44.5 Å². The zero-order chi connectivity index (χ0) is 11.0. The summed E-state index contributed by atoms with van der Waals surface area (Å²) in [5.74, 6) is 0.487. The van der Waals surface area contributed by atoms with Crippen molar-refractivity contribution >= 4 is 22.9 Å². The van der Waals surface area contributed by atoms with Gasteiger partial charge in [-0.05, 0) is 43.6 Å². The number of thiophene rings is 1. The number of hydrogen-bond acceptors (Lipinski definition) is 3. The molecule has 0 spiro atoms. The summed E-state index contributed by atoms with van der Waals surface area (Å²) >= 11 is 7.33. The summed E-state index contributed by atoms with van der Waals surface area (Å²) < 4.78 is 5.18. The van der Waals surface area contributed by atoms with Crippen molar-refractivity contribution in [1.82, 2.24) is 0 Å². The van der Waals surface area contributed by atoms with Crippen LogP contribution in [-0.2, 0) is 0 Å². The smallest absolute Gasteiger partial charge is 0.193 e. The van der Waals surface area contributed by atoms with Crippen molar-refractivity contribution in [2.24, 2.45) is 0 Å². The summed E-state index contributed by atoms with van der Waals surface area (Å²) in [6.07, 6.45) is -0.720. The molecular formula is C11H11ClO2S.